The van der Waals surface area contributed by atoms with E-state index in [2.05, 4.69) is 15.2 Å². The van der Waals surface area contributed by atoms with Crippen molar-refractivity contribution in [2.45, 2.75) is 31.5 Å². The van der Waals surface area contributed by atoms with Gasteiger partial charge in [0, 0.05) is 36.6 Å². The fraction of sp³-hybridized carbons (Fsp3) is 0.231. The summed E-state index contributed by atoms with van der Waals surface area (Å²) in [6.45, 7) is -0.661. The molecule has 1 aliphatic rings. The average Bonchev–Trinajstić information content (AvgIpc) is 3.57. The zero-order valence-electron chi connectivity index (χ0n) is 19.9. The molecule has 6 rings (SSSR count). The fourth-order valence-corrected chi connectivity index (χ4v) is 4.61. The van der Waals surface area contributed by atoms with E-state index in [-0.39, 0.29) is 22.8 Å². The van der Waals surface area contributed by atoms with Crippen molar-refractivity contribution in [3.63, 3.8) is 0 Å². The van der Waals surface area contributed by atoms with Crippen molar-refractivity contribution in [3.05, 3.63) is 88.2 Å². The van der Waals surface area contributed by atoms with E-state index in [1.807, 2.05) is 6.07 Å². The van der Waals surface area contributed by atoms with E-state index >= 15 is 0 Å². The molecule has 0 saturated heterocycles. The maximum absolute atomic E-state index is 14.3. The lowest BCUT2D eigenvalue weighted by atomic mass is 9.98. The zero-order valence-corrected chi connectivity index (χ0v) is 19.9. The Morgan fingerprint density at radius 3 is 2.53 bits per heavy atom. The molecule has 1 N–H and O–H groups in total. The Morgan fingerprint density at radius 2 is 1.87 bits per heavy atom. The normalized spacial score (nSPS) is 13.9. The molecule has 0 amide bonds. The second kappa shape index (κ2) is 8.62. The van der Waals surface area contributed by atoms with Crippen LogP contribution < -0.4 is 5.69 Å². The molecule has 38 heavy (non-hydrogen) atoms. The monoisotopic (exact) mass is 524 g/mol. The van der Waals surface area contributed by atoms with Crippen LogP contribution in [-0.2, 0) is 19.8 Å². The molecular formula is C26H20F4N6O2. The zero-order chi connectivity index (χ0) is 26.8. The van der Waals surface area contributed by atoms with E-state index in [9.17, 15) is 27.5 Å². The van der Waals surface area contributed by atoms with Crippen LogP contribution in [0.3, 0.4) is 0 Å². The number of imidazole rings is 1. The van der Waals surface area contributed by atoms with Crippen molar-refractivity contribution in [1.82, 2.24) is 28.7 Å². The summed E-state index contributed by atoms with van der Waals surface area (Å²) >= 11 is 0. The summed E-state index contributed by atoms with van der Waals surface area (Å²) in [4.78, 5) is 18.0. The Morgan fingerprint density at radius 1 is 1.08 bits per heavy atom. The minimum absolute atomic E-state index is 0.0512. The van der Waals surface area contributed by atoms with Crippen molar-refractivity contribution in [3.8, 4) is 28.3 Å². The lowest BCUT2D eigenvalue weighted by Gasteiger charge is -2.13. The van der Waals surface area contributed by atoms with E-state index in [1.165, 1.54) is 24.7 Å². The highest BCUT2D eigenvalue weighted by atomic mass is 19.4. The summed E-state index contributed by atoms with van der Waals surface area (Å²) in [6.07, 6.45) is 0.802. The number of nitrogens with zero attached hydrogens (tertiary/aromatic N) is 6. The predicted molar refractivity (Wildman–Crippen MR) is 129 cm³/mol. The Hall–Kier alpha value is -4.32. The molecule has 0 aliphatic heterocycles. The van der Waals surface area contributed by atoms with E-state index in [0.717, 1.165) is 34.1 Å². The number of alkyl halides is 3. The first-order valence-corrected chi connectivity index (χ1v) is 11.8. The predicted octanol–water partition coefficient (Wildman–Crippen LogP) is 4.48. The summed E-state index contributed by atoms with van der Waals surface area (Å²) in [5.74, 6) is 0.221. The highest BCUT2D eigenvalue weighted by Gasteiger charge is 2.35. The molecule has 1 aromatic carbocycles. The van der Waals surface area contributed by atoms with Gasteiger partial charge in [-0.2, -0.15) is 13.2 Å². The van der Waals surface area contributed by atoms with Gasteiger partial charge in [0.25, 0.3) is 0 Å². The van der Waals surface area contributed by atoms with Crippen LogP contribution in [-0.4, -0.2) is 33.8 Å². The van der Waals surface area contributed by atoms with Crippen LogP contribution in [0.1, 0.15) is 35.6 Å². The van der Waals surface area contributed by atoms with E-state index in [0.29, 0.717) is 28.2 Å². The first-order chi connectivity index (χ1) is 18.1. The molecule has 4 heterocycles. The van der Waals surface area contributed by atoms with Gasteiger partial charge in [-0.3, -0.25) is 8.97 Å². The maximum Gasteiger partial charge on any atom is 0.418 e. The largest absolute Gasteiger partial charge is 0.418 e. The molecule has 4 aromatic heterocycles. The van der Waals surface area contributed by atoms with Crippen molar-refractivity contribution in [2.24, 2.45) is 7.05 Å². The van der Waals surface area contributed by atoms with Crippen LogP contribution in [0.5, 0.6) is 0 Å². The molecule has 1 aliphatic carbocycles. The first-order valence-electron chi connectivity index (χ1n) is 11.8. The summed E-state index contributed by atoms with van der Waals surface area (Å²) in [5.41, 5.74) is 0.130. The first kappa shape index (κ1) is 24.0. The van der Waals surface area contributed by atoms with Gasteiger partial charge in [0.2, 0.25) is 0 Å². The van der Waals surface area contributed by atoms with Crippen LogP contribution in [0.4, 0.5) is 17.6 Å². The number of aliphatic hydroxyl groups excluding tert-OH is 1. The second-order valence-corrected chi connectivity index (χ2v) is 9.32. The van der Waals surface area contributed by atoms with Crippen LogP contribution in [0, 0.1) is 5.82 Å². The third kappa shape index (κ3) is 4.06. The van der Waals surface area contributed by atoms with Crippen molar-refractivity contribution < 1.29 is 22.7 Å². The average molecular weight is 524 g/mol. The molecule has 0 unspecified atom stereocenters. The minimum atomic E-state index is -4.75. The SMILES string of the molecule is Cn1cnnc1-c1cc(F)ccc1-c1cc(C2CC2)nc(-n2cc3c(C(F)(F)F)cc(CO)cn3c2=O)c1. The fourth-order valence-electron chi connectivity index (χ4n) is 4.61. The van der Waals surface area contributed by atoms with Gasteiger partial charge in [0.1, 0.15) is 18.0 Å². The van der Waals surface area contributed by atoms with E-state index in [4.69, 9.17) is 0 Å². The standard InChI is InChI=1S/C26H20F4N6O2/c1-34-13-31-33-24(34)19-9-17(27)4-5-18(19)16-7-21(15-2-3-15)32-23(8-16)36-11-22-20(26(28,29)30)6-14(12-37)10-35(22)25(36)38/h4-11,13,15,37H,2-3,12H2,1H3. The molecule has 1 fully saturated rings. The Labute approximate surface area is 212 Å². The Bertz CT molecular complexity index is 1760. The third-order valence-electron chi connectivity index (χ3n) is 6.63. The molecule has 0 spiro atoms. The summed E-state index contributed by atoms with van der Waals surface area (Å²) < 4.78 is 59.3. The van der Waals surface area contributed by atoms with Gasteiger partial charge in [-0.15, -0.1) is 10.2 Å². The number of hydrogen-bond donors (Lipinski definition) is 1. The Balaban J connectivity index is 1.59. The van der Waals surface area contributed by atoms with Gasteiger partial charge in [0.05, 0.1) is 17.7 Å². The number of hydrogen-bond acceptors (Lipinski definition) is 5. The summed E-state index contributed by atoms with van der Waals surface area (Å²) in [7, 11) is 1.73. The number of rotatable bonds is 5. The number of fused-ring (bicyclic) bond motifs is 1. The van der Waals surface area contributed by atoms with Gasteiger partial charge in [-0.25, -0.2) is 14.2 Å². The lowest BCUT2D eigenvalue weighted by molar-refractivity contribution is -0.136. The van der Waals surface area contributed by atoms with E-state index in [1.54, 1.807) is 23.7 Å². The Kier molecular flexibility index (Phi) is 5.45. The number of aliphatic hydroxyl groups is 1. The molecular weight excluding hydrogens is 504 g/mol. The number of aryl methyl sites for hydroxylation is 1. The van der Waals surface area contributed by atoms with Crippen LogP contribution >= 0.6 is 0 Å². The lowest BCUT2D eigenvalue weighted by Crippen LogP contribution is -2.20. The van der Waals surface area contributed by atoms with Gasteiger partial charge < -0.3 is 9.67 Å². The van der Waals surface area contributed by atoms with E-state index < -0.39 is 29.9 Å². The highest BCUT2D eigenvalue weighted by molar-refractivity contribution is 5.81. The molecule has 1 saturated carbocycles. The molecule has 5 aromatic rings. The second-order valence-electron chi connectivity index (χ2n) is 9.32. The number of halogens is 4. The molecule has 194 valence electrons. The minimum Gasteiger partial charge on any atom is -0.392 e. The van der Waals surface area contributed by atoms with Crippen molar-refractivity contribution in [2.75, 3.05) is 0 Å². The molecule has 0 atom stereocenters. The van der Waals surface area contributed by atoms with Gasteiger partial charge >= 0.3 is 11.9 Å². The molecule has 8 nitrogen and oxygen atoms in total. The van der Waals surface area contributed by atoms with Gasteiger partial charge in [-0.05, 0) is 59.9 Å². The topological polar surface area (TPSA) is 90.2 Å². The van der Waals surface area contributed by atoms with Crippen molar-refractivity contribution >= 4 is 5.52 Å². The van der Waals surface area contributed by atoms with Crippen molar-refractivity contribution in [1.29, 1.82) is 0 Å². The van der Waals surface area contributed by atoms with Gasteiger partial charge in [0.15, 0.2) is 5.82 Å². The van der Waals surface area contributed by atoms with Gasteiger partial charge in [-0.1, -0.05) is 6.07 Å². The summed E-state index contributed by atoms with van der Waals surface area (Å²) in [6, 6.07) is 8.48. The third-order valence-corrected chi connectivity index (χ3v) is 6.63. The number of pyridine rings is 2. The maximum atomic E-state index is 14.3. The van der Waals surface area contributed by atoms with Crippen LogP contribution in [0.2, 0.25) is 0 Å². The number of benzene rings is 1. The smallest absolute Gasteiger partial charge is 0.392 e. The van der Waals surface area contributed by atoms with Crippen LogP contribution in [0.15, 0.2) is 59.9 Å². The molecule has 12 heteroatoms. The molecule has 0 radical (unpaired) electrons. The quantitative estimate of drug-likeness (QED) is 0.343. The number of aromatic nitrogens is 6. The highest BCUT2D eigenvalue weighted by Crippen LogP contribution is 2.42. The summed E-state index contributed by atoms with van der Waals surface area (Å²) in [5, 5.41) is 17.5. The van der Waals surface area contributed by atoms with Crippen LogP contribution in [0.25, 0.3) is 33.8 Å². The molecule has 0 bridgehead atoms.